The van der Waals surface area contributed by atoms with Crippen molar-refractivity contribution in [2.45, 2.75) is 31.7 Å². The van der Waals surface area contributed by atoms with E-state index in [4.69, 9.17) is 16.2 Å². The molecule has 0 bridgehead atoms. The van der Waals surface area contributed by atoms with E-state index in [1.165, 1.54) is 0 Å². The zero-order chi connectivity index (χ0) is 10.6. The Morgan fingerprint density at radius 2 is 1.50 bits per heavy atom. The summed E-state index contributed by atoms with van der Waals surface area (Å²) in [6, 6.07) is -1.29. The summed E-state index contributed by atoms with van der Waals surface area (Å²) in [5.74, 6) is 0. The first-order valence-electron chi connectivity index (χ1n) is 4.35. The van der Waals surface area contributed by atoms with Crippen LogP contribution in [-0.4, -0.2) is 24.5 Å². The maximum atomic E-state index is 10.5. The fraction of sp³-hybridized carbons (Fsp3) is 0.714. The van der Waals surface area contributed by atoms with Gasteiger partial charge in [-0.25, -0.2) is 9.59 Å². The van der Waals surface area contributed by atoms with Crippen molar-refractivity contribution in [2.75, 3.05) is 0 Å². The normalized spacial score (nSPS) is 26.6. The van der Waals surface area contributed by atoms with Gasteiger partial charge in [-0.05, 0) is 19.3 Å². The highest BCUT2D eigenvalue weighted by Crippen LogP contribution is 2.15. The maximum Gasteiger partial charge on any atom is 0.314 e. The molecule has 0 aliphatic carbocycles. The number of ether oxygens (including phenoxy) is 1. The molecule has 0 aromatic carbocycles. The average molecular weight is 202 g/mol. The van der Waals surface area contributed by atoms with Gasteiger partial charge >= 0.3 is 12.1 Å². The summed E-state index contributed by atoms with van der Waals surface area (Å²) >= 11 is 0. The van der Waals surface area contributed by atoms with E-state index in [1.54, 1.807) is 0 Å². The minimum absolute atomic E-state index is 0.446. The molecule has 1 rings (SSSR count). The summed E-state index contributed by atoms with van der Waals surface area (Å²) in [6.07, 6.45) is 1.30. The molecule has 7 nitrogen and oxygen atoms in total. The second kappa shape index (κ2) is 4.66. The molecule has 2 atom stereocenters. The van der Waals surface area contributed by atoms with Crippen LogP contribution in [0.2, 0.25) is 0 Å². The van der Waals surface area contributed by atoms with Crippen molar-refractivity contribution in [1.82, 2.24) is 10.6 Å². The number of amides is 4. The van der Waals surface area contributed by atoms with Crippen LogP contribution in [0, 0.1) is 0 Å². The number of urea groups is 2. The van der Waals surface area contributed by atoms with Gasteiger partial charge in [-0.1, -0.05) is 0 Å². The third-order valence-electron chi connectivity index (χ3n) is 1.87. The topological polar surface area (TPSA) is 119 Å². The van der Waals surface area contributed by atoms with Gasteiger partial charge in [0.25, 0.3) is 0 Å². The molecule has 14 heavy (non-hydrogen) atoms. The second-order valence-electron chi connectivity index (χ2n) is 3.06. The molecule has 0 radical (unpaired) electrons. The zero-order valence-corrected chi connectivity index (χ0v) is 7.66. The van der Waals surface area contributed by atoms with E-state index in [1.807, 2.05) is 0 Å². The van der Waals surface area contributed by atoms with E-state index in [0.717, 1.165) is 6.42 Å². The van der Waals surface area contributed by atoms with Crippen LogP contribution in [0.25, 0.3) is 0 Å². The van der Waals surface area contributed by atoms with Crippen molar-refractivity contribution in [3.05, 3.63) is 0 Å². The van der Waals surface area contributed by atoms with Gasteiger partial charge < -0.3 is 26.8 Å². The summed E-state index contributed by atoms with van der Waals surface area (Å²) in [7, 11) is 0. The van der Waals surface area contributed by atoms with Gasteiger partial charge in [-0.2, -0.15) is 0 Å². The largest absolute Gasteiger partial charge is 0.352 e. The number of hydrogen-bond acceptors (Lipinski definition) is 3. The number of carbonyl (C=O) groups is 2. The van der Waals surface area contributed by atoms with Crippen LogP contribution < -0.4 is 22.1 Å². The van der Waals surface area contributed by atoms with E-state index in [-0.39, 0.29) is 0 Å². The fourth-order valence-corrected chi connectivity index (χ4v) is 1.35. The smallest absolute Gasteiger partial charge is 0.314 e. The Bertz CT molecular complexity index is 211. The van der Waals surface area contributed by atoms with E-state index >= 15 is 0 Å². The Kier molecular flexibility index (Phi) is 3.52. The van der Waals surface area contributed by atoms with Crippen molar-refractivity contribution in [2.24, 2.45) is 11.5 Å². The third kappa shape index (κ3) is 3.48. The molecule has 0 saturated carbocycles. The summed E-state index contributed by atoms with van der Waals surface area (Å²) in [5.41, 5.74) is 9.86. The minimum Gasteiger partial charge on any atom is -0.352 e. The first kappa shape index (κ1) is 10.6. The van der Waals surface area contributed by atoms with Crippen LogP contribution in [0.3, 0.4) is 0 Å². The Labute approximate surface area is 81.1 Å². The monoisotopic (exact) mass is 202 g/mol. The molecular formula is C7H14N4O3. The first-order valence-corrected chi connectivity index (χ1v) is 4.35. The minimum atomic E-state index is -0.644. The highest BCUT2D eigenvalue weighted by atomic mass is 16.5. The number of hydrogen-bond donors (Lipinski definition) is 4. The molecule has 1 heterocycles. The van der Waals surface area contributed by atoms with Gasteiger partial charge in [0, 0.05) is 0 Å². The molecule has 1 aliphatic heterocycles. The van der Waals surface area contributed by atoms with Crippen LogP contribution in [0.15, 0.2) is 0 Å². The molecule has 2 unspecified atom stereocenters. The maximum absolute atomic E-state index is 10.5. The molecule has 0 aromatic heterocycles. The standard InChI is InChI=1S/C7H14N4O3/c8-6(12)10-4-2-1-3-5(14-4)11-7(9)13/h4-5H,1-3H2,(H3,8,10,12)(H3,9,11,13). The molecule has 1 saturated heterocycles. The van der Waals surface area contributed by atoms with E-state index in [9.17, 15) is 9.59 Å². The Morgan fingerprint density at radius 3 is 1.86 bits per heavy atom. The van der Waals surface area contributed by atoms with Crippen LogP contribution in [0.1, 0.15) is 19.3 Å². The first-order chi connectivity index (χ1) is 6.58. The summed E-state index contributed by atoms with van der Waals surface area (Å²) in [5, 5.41) is 4.82. The molecule has 1 fully saturated rings. The number of primary amides is 2. The van der Waals surface area contributed by atoms with Gasteiger partial charge in [-0.3, -0.25) is 0 Å². The van der Waals surface area contributed by atoms with Crippen molar-refractivity contribution in [3.63, 3.8) is 0 Å². The summed E-state index contributed by atoms with van der Waals surface area (Å²) < 4.78 is 5.28. The lowest BCUT2D eigenvalue weighted by molar-refractivity contribution is -0.0677. The van der Waals surface area contributed by atoms with E-state index in [2.05, 4.69) is 10.6 Å². The lowest BCUT2D eigenvalue weighted by Gasteiger charge is -2.29. The predicted octanol–water partition coefficient (Wildman–Crippen LogP) is -0.824. The van der Waals surface area contributed by atoms with Gasteiger partial charge in [0.15, 0.2) is 0 Å². The highest BCUT2D eigenvalue weighted by molar-refractivity contribution is 5.72. The Balaban J connectivity index is 2.35. The molecule has 0 spiro atoms. The number of nitrogens with two attached hydrogens (primary N) is 2. The molecule has 0 aromatic rings. The Hall–Kier alpha value is -1.50. The average Bonchev–Trinajstić information content (AvgIpc) is 2.01. The van der Waals surface area contributed by atoms with Crippen molar-refractivity contribution in [3.8, 4) is 0 Å². The third-order valence-corrected chi connectivity index (χ3v) is 1.87. The molecule has 6 N–H and O–H groups in total. The number of nitrogens with one attached hydrogen (secondary N) is 2. The fourth-order valence-electron chi connectivity index (χ4n) is 1.35. The number of rotatable bonds is 2. The molecule has 1 aliphatic rings. The zero-order valence-electron chi connectivity index (χ0n) is 7.66. The van der Waals surface area contributed by atoms with Crippen LogP contribution in [0.4, 0.5) is 9.59 Å². The lowest BCUT2D eigenvalue weighted by Crippen LogP contribution is -2.50. The molecule has 80 valence electrons. The van der Waals surface area contributed by atoms with Gasteiger partial charge in [0.05, 0.1) is 0 Å². The molecule has 4 amide bonds. The van der Waals surface area contributed by atoms with Gasteiger partial charge in [0.2, 0.25) is 0 Å². The van der Waals surface area contributed by atoms with Gasteiger partial charge in [-0.15, -0.1) is 0 Å². The summed E-state index contributed by atoms with van der Waals surface area (Å²) in [6.45, 7) is 0. The second-order valence-corrected chi connectivity index (χ2v) is 3.06. The van der Waals surface area contributed by atoms with Crippen molar-refractivity contribution >= 4 is 12.1 Å². The molecular weight excluding hydrogens is 188 g/mol. The van der Waals surface area contributed by atoms with Crippen LogP contribution >= 0.6 is 0 Å². The molecule has 7 heteroatoms. The van der Waals surface area contributed by atoms with Crippen molar-refractivity contribution in [1.29, 1.82) is 0 Å². The summed E-state index contributed by atoms with van der Waals surface area (Å²) in [4.78, 5) is 21.0. The quantitative estimate of drug-likeness (QED) is 0.468. The number of carbonyl (C=O) groups excluding carboxylic acids is 2. The van der Waals surface area contributed by atoms with E-state index in [0.29, 0.717) is 12.8 Å². The van der Waals surface area contributed by atoms with Gasteiger partial charge in [0.1, 0.15) is 12.5 Å². The van der Waals surface area contributed by atoms with Crippen LogP contribution in [-0.2, 0) is 4.74 Å². The van der Waals surface area contributed by atoms with E-state index < -0.39 is 24.5 Å². The highest BCUT2D eigenvalue weighted by Gasteiger charge is 2.23. The SMILES string of the molecule is NC(=O)NC1CCCC(NC(N)=O)O1. The Morgan fingerprint density at radius 1 is 1.07 bits per heavy atom. The van der Waals surface area contributed by atoms with Crippen molar-refractivity contribution < 1.29 is 14.3 Å². The predicted molar refractivity (Wildman–Crippen MR) is 48.0 cm³/mol. The lowest BCUT2D eigenvalue weighted by atomic mass is 10.1. The van der Waals surface area contributed by atoms with Crippen LogP contribution in [0.5, 0.6) is 0 Å².